The van der Waals surface area contributed by atoms with Gasteiger partial charge in [0.05, 0.1) is 11.0 Å². The second-order valence-corrected chi connectivity index (χ2v) is 5.20. The Hall–Kier alpha value is -1.75. The number of hydrogen-bond donors (Lipinski definition) is 1. The molecule has 0 spiro atoms. The number of rotatable bonds is 1. The van der Waals surface area contributed by atoms with E-state index in [0.717, 1.165) is 54.3 Å². The van der Waals surface area contributed by atoms with Gasteiger partial charge in [0.25, 0.3) is 0 Å². The van der Waals surface area contributed by atoms with E-state index in [2.05, 4.69) is 27.9 Å². The van der Waals surface area contributed by atoms with Crippen LogP contribution >= 0.6 is 0 Å². The van der Waals surface area contributed by atoms with Gasteiger partial charge in [-0.2, -0.15) is 0 Å². The van der Waals surface area contributed by atoms with Crippen molar-refractivity contribution in [2.75, 3.05) is 19.9 Å². The number of benzene rings is 1. The van der Waals surface area contributed by atoms with Crippen molar-refractivity contribution in [3.63, 3.8) is 0 Å². The number of imidazole rings is 1. The van der Waals surface area contributed by atoms with Crippen LogP contribution in [0, 0.1) is 6.92 Å². The molecule has 0 atom stereocenters. The summed E-state index contributed by atoms with van der Waals surface area (Å²) in [4.78, 5) is 4.67. The first-order valence-corrected chi connectivity index (χ1v) is 6.82. The molecule has 1 saturated heterocycles. The predicted molar refractivity (Wildman–Crippen MR) is 71.7 cm³/mol. The Morgan fingerprint density at radius 1 is 1.21 bits per heavy atom. The summed E-state index contributed by atoms with van der Waals surface area (Å²) in [6, 6.07) is 4.59. The standard InChI is InChI=1S/C14H17N3O2/c1-9-16-11-6-13-14(19-8-18-13)7-12(11)17(9)10-2-4-15-5-3-10/h6-7,10,15H,2-5,8H2,1H3. The number of ether oxygens (including phenoxy) is 2. The Morgan fingerprint density at radius 3 is 2.74 bits per heavy atom. The molecule has 1 aromatic carbocycles. The van der Waals surface area contributed by atoms with Crippen molar-refractivity contribution < 1.29 is 9.47 Å². The highest BCUT2D eigenvalue weighted by Crippen LogP contribution is 2.37. The lowest BCUT2D eigenvalue weighted by Crippen LogP contribution is -2.29. The topological polar surface area (TPSA) is 48.3 Å². The van der Waals surface area contributed by atoms with Crippen LogP contribution in [0.15, 0.2) is 12.1 Å². The summed E-state index contributed by atoms with van der Waals surface area (Å²) < 4.78 is 13.3. The monoisotopic (exact) mass is 259 g/mol. The van der Waals surface area contributed by atoms with Gasteiger partial charge in [-0.25, -0.2) is 4.98 Å². The van der Waals surface area contributed by atoms with Gasteiger partial charge in [0.15, 0.2) is 11.5 Å². The fraction of sp³-hybridized carbons (Fsp3) is 0.500. The van der Waals surface area contributed by atoms with E-state index in [1.807, 2.05) is 6.07 Å². The molecule has 0 bridgehead atoms. The quantitative estimate of drug-likeness (QED) is 0.851. The Labute approximate surface area is 111 Å². The molecule has 2 aliphatic heterocycles. The van der Waals surface area contributed by atoms with E-state index < -0.39 is 0 Å². The van der Waals surface area contributed by atoms with Gasteiger partial charge in [0.1, 0.15) is 5.82 Å². The average molecular weight is 259 g/mol. The lowest BCUT2D eigenvalue weighted by Gasteiger charge is -2.25. The minimum absolute atomic E-state index is 0.314. The normalized spacial score (nSPS) is 19.2. The Bertz CT molecular complexity index is 629. The zero-order valence-electron chi connectivity index (χ0n) is 11.0. The zero-order valence-corrected chi connectivity index (χ0v) is 11.0. The third-order valence-corrected chi connectivity index (χ3v) is 4.03. The summed E-state index contributed by atoms with van der Waals surface area (Å²) in [5.41, 5.74) is 2.16. The first-order valence-electron chi connectivity index (χ1n) is 6.82. The Balaban J connectivity index is 1.87. The number of hydrogen-bond acceptors (Lipinski definition) is 4. The molecule has 2 aliphatic rings. The molecule has 19 heavy (non-hydrogen) atoms. The molecule has 0 unspecified atom stereocenters. The highest BCUT2D eigenvalue weighted by atomic mass is 16.7. The van der Waals surface area contributed by atoms with E-state index in [-0.39, 0.29) is 0 Å². The smallest absolute Gasteiger partial charge is 0.231 e. The molecule has 0 aliphatic carbocycles. The van der Waals surface area contributed by atoms with E-state index in [1.165, 1.54) is 0 Å². The summed E-state index contributed by atoms with van der Waals surface area (Å²) >= 11 is 0. The molecule has 0 saturated carbocycles. The molecule has 0 amide bonds. The maximum atomic E-state index is 5.48. The van der Waals surface area contributed by atoms with Crippen LogP contribution in [0.1, 0.15) is 24.7 Å². The Kier molecular flexibility index (Phi) is 2.41. The van der Waals surface area contributed by atoms with Gasteiger partial charge in [0.2, 0.25) is 6.79 Å². The lowest BCUT2D eigenvalue weighted by molar-refractivity contribution is 0.174. The SMILES string of the molecule is Cc1nc2cc3c(cc2n1C1CCNCC1)OCO3. The molecule has 1 N–H and O–H groups in total. The fourth-order valence-electron chi connectivity index (χ4n) is 3.13. The van der Waals surface area contributed by atoms with Crippen molar-refractivity contribution in [2.24, 2.45) is 0 Å². The molecule has 5 heteroatoms. The van der Waals surface area contributed by atoms with Gasteiger partial charge < -0.3 is 19.4 Å². The number of fused-ring (bicyclic) bond motifs is 2. The molecule has 3 heterocycles. The number of nitrogens with zero attached hydrogens (tertiary/aromatic N) is 2. The van der Waals surface area contributed by atoms with Gasteiger partial charge in [-0.05, 0) is 32.9 Å². The molecular weight excluding hydrogens is 242 g/mol. The van der Waals surface area contributed by atoms with Crippen molar-refractivity contribution in [1.29, 1.82) is 0 Å². The van der Waals surface area contributed by atoms with Gasteiger partial charge >= 0.3 is 0 Å². The summed E-state index contributed by atoms with van der Waals surface area (Å²) in [7, 11) is 0. The molecule has 2 aromatic rings. The minimum Gasteiger partial charge on any atom is -0.454 e. The van der Waals surface area contributed by atoms with E-state index in [4.69, 9.17) is 9.47 Å². The molecule has 1 aromatic heterocycles. The first-order chi connectivity index (χ1) is 9.33. The fourth-order valence-corrected chi connectivity index (χ4v) is 3.13. The average Bonchev–Trinajstić information content (AvgIpc) is 2.99. The first kappa shape index (κ1) is 11.1. The summed E-state index contributed by atoms with van der Waals surface area (Å²) in [6.45, 7) is 4.55. The van der Waals surface area contributed by atoms with Crippen LogP contribution < -0.4 is 14.8 Å². The maximum Gasteiger partial charge on any atom is 0.231 e. The van der Waals surface area contributed by atoms with Gasteiger partial charge in [-0.1, -0.05) is 0 Å². The second-order valence-electron chi connectivity index (χ2n) is 5.20. The van der Waals surface area contributed by atoms with E-state index in [0.29, 0.717) is 12.8 Å². The van der Waals surface area contributed by atoms with Crippen molar-refractivity contribution >= 4 is 11.0 Å². The van der Waals surface area contributed by atoms with Crippen molar-refractivity contribution in [3.05, 3.63) is 18.0 Å². The van der Waals surface area contributed by atoms with Crippen LogP contribution in [-0.4, -0.2) is 29.4 Å². The van der Waals surface area contributed by atoms with Gasteiger partial charge in [-0.15, -0.1) is 0 Å². The van der Waals surface area contributed by atoms with E-state index >= 15 is 0 Å². The predicted octanol–water partition coefficient (Wildman–Crippen LogP) is 2.00. The van der Waals surface area contributed by atoms with Gasteiger partial charge in [-0.3, -0.25) is 0 Å². The van der Waals surface area contributed by atoms with Crippen LogP contribution in [0.5, 0.6) is 11.5 Å². The summed E-state index contributed by atoms with van der Waals surface area (Å²) in [5.74, 6) is 2.72. The van der Waals surface area contributed by atoms with Crippen LogP contribution in [-0.2, 0) is 0 Å². The largest absolute Gasteiger partial charge is 0.454 e. The third kappa shape index (κ3) is 1.69. The van der Waals surface area contributed by atoms with Gasteiger partial charge in [0, 0.05) is 18.2 Å². The number of nitrogens with one attached hydrogen (secondary N) is 1. The van der Waals surface area contributed by atoms with Crippen molar-refractivity contribution in [3.8, 4) is 11.5 Å². The number of piperidine rings is 1. The molecular formula is C14H17N3O2. The summed E-state index contributed by atoms with van der Waals surface area (Å²) in [5, 5.41) is 3.41. The Morgan fingerprint density at radius 2 is 1.95 bits per heavy atom. The van der Waals surface area contributed by atoms with E-state index in [9.17, 15) is 0 Å². The summed E-state index contributed by atoms with van der Waals surface area (Å²) in [6.07, 6.45) is 2.31. The molecule has 5 nitrogen and oxygen atoms in total. The molecule has 100 valence electrons. The third-order valence-electron chi connectivity index (χ3n) is 4.03. The number of aryl methyl sites for hydroxylation is 1. The number of aromatic nitrogens is 2. The zero-order chi connectivity index (χ0) is 12.8. The van der Waals surface area contributed by atoms with Crippen LogP contribution in [0.25, 0.3) is 11.0 Å². The van der Waals surface area contributed by atoms with Crippen LogP contribution in [0.2, 0.25) is 0 Å². The molecule has 4 rings (SSSR count). The molecule has 1 fully saturated rings. The lowest BCUT2D eigenvalue weighted by atomic mass is 10.1. The minimum atomic E-state index is 0.314. The van der Waals surface area contributed by atoms with E-state index in [1.54, 1.807) is 0 Å². The maximum absolute atomic E-state index is 5.48. The highest BCUT2D eigenvalue weighted by Gasteiger charge is 2.22. The molecule has 0 radical (unpaired) electrons. The van der Waals surface area contributed by atoms with Crippen LogP contribution in [0.3, 0.4) is 0 Å². The van der Waals surface area contributed by atoms with Crippen molar-refractivity contribution in [2.45, 2.75) is 25.8 Å². The van der Waals surface area contributed by atoms with Crippen molar-refractivity contribution in [1.82, 2.24) is 14.9 Å². The second kappa shape index (κ2) is 4.13. The van der Waals surface area contributed by atoms with Crippen LogP contribution in [0.4, 0.5) is 0 Å². The highest BCUT2D eigenvalue weighted by molar-refractivity contribution is 5.81.